The normalized spacial score (nSPS) is 10.5. The standard InChI is InChI=1S/C4H13N2OP/c1-5-3-2-4-6(7)8/h5,7H,2-4,8H2,1H3. The molecule has 0 radical (unpaired) electrons. The molecule has 1 atom stereocenters. The second kappa shape index (κ2) is 5.45. The molecule has 8 heavy (non-hydrogen) atoms. The fourth-order valence-electron chi connectivity index (χ4n) is 0.418. The van der Waals surface area contributed by atoms with Crippen molar-refractivity contribution in [1.82, 2.24) is 10.2 Å². The lowest BCUT2D eigenvalue weighted by Crippen LogP contribution is -2.14. The van der Waals surface area contributed by atoms with Crippen molar-refractivity contribution in [2.24, 2.45) is 0 Å². The van der Waals surface area contributed by atoms with E-state index in [1.165, 1.54) is 0 Å². The summed E-state index contributed by atoms with van der Waals surface area (Å²) in [7, 11) is 4.08. The van der Waals surface area contributed by atoms with E-state index in [1.54, 1.807) is 0 Å². The van der Waals surface area contributed by atoms with Crippen LogP contribution in [0.4, 0.5) is 0 Å². The van der Waals surface area contributed by atoms with Crippen LogP contribution < -0.4 is 5.32 Å². The third kappa shape index (κ3) is 6.31. The summed E-state index contributed by atoms with van der Waals surface area (Å²) < 4.78 is 0. The molecule has 0 saturated heterocycles. The summed E-state index contributed by atoms with van der Waals surface area (Å²) in [6.07, 6.45) is 0.969. The SMILES string of the molecule is CNCCCN(O)P. The Bertz CT molecular complexity index is 51.3. The van der Waals surface area contributed by atoms with Crippen LogP contribution in [-0.2, 0) is 0 Å². The Morgan fingerprint density at radius 2 is 2.38 bits per heavy atom. The largest absolute Gasteiger partial charge is 0.320 e. The first-order valence-corrected chi connectivity index (χ1v) is 3.14. The molecule has 0 rings (SSSR count). The molecular weight excluding hydrogens is 123 g/mol. The summed E-state index contributed by atoms with van der Waals surface area (Å²) in [4.78, 5) is 1.11. The van der Waals surface area contributed by atoms with E-state index < -0.39 is 0 Å². The van der Waals surface area contributed by atoms with Gasteiger partial charge in [0.2, 0.25) is 0 Å². The molecule has 0 aromatic rings. The van der Waals surface area contributed by atoms with Gasteiger partial charge in [-0.15, -0.1) is 0 Å². The average Bonchev–Trinajstić information content (AvgIpc) is 1.66. The van der Waals surface area contributed by atoms with Crippen LogP contribution in [0, 0.1) is 0 Å². The number of nitrogens with one attached hydrogen (secondary N) is 1. The van der Waals surface area contributed by atoms with E-state index in [0.717, 1.165) is 17.8 Å². The van der Waals surface area contributed by atoms with Crippen molar-refractivity contribution in [3.63, 3.8) is 0 Å². The zero-order chi connectivity index (χ0) is 6.41. The average molecular weight is 136 g/mol. The summed E-state index contributed by atoms with van der Waals surface area (Å²) in [5, 5.41) is 11.5. The Balaban J connectivity index is 2.72. The molecule has 0 aliphatic rings. The Hall–Kier alpha value is 0.310. The molecule has 50 valence electrons. The van der Waals surface area contributed by atoms with Crippen LogP contribution in [-0.4, -0.2) is 30.2 Å². The summed E-state index contributed by atoms with van der Waals surface area (Å²) in [6, 6.07) is 0. The number of nitrogens with zero attached hydrogens (tertiary/aromatic N) is 1. The van der Waals surface area contributed by atoms with Gasteiger partial charge in [-0.2, -0.15) is 4.83 Å². The first-order valence-electron chi connectivity index (χ1n) is 2.63. The lowest BCUT2D eigenvalue weighted by atomic mass is 10.4. The number of rotatable bonds is 4. The van der Waals surface area contributed by atoms with E-state index in [2.05, 4.69) is 14.7 Å². The van der Waals surface area contributed by atoms with Gasteiger partial charge in [0.25, 0.3) is 0 Å². The highest BCUT2D eigenvalue weighted by molar-refractivity contribution is 7.12. The van der Waals surface area contributed by atoms with Gasteiger partial charge >= 0.3 is 0 Å². The molecular formula is C4H13N2OP. The molecule has 1 unspecified atom stereocenters. The summed E-state index contributed by atoms with van der Waals surface area (Å²) in [5.74, 6) is 0. The highest BCUT2D eigenvalue weighted by Gasteiger charge is 1.87. The minimum absolute atomic E-state index is 0.700. The molecule has 0 fully saturated rings. The van der Waals surface area contributed by atoms with Crippen LogP contribution >= 0.6 is 9.39 Å². The fraction of sp³-hybridized carbons (Fsp3) is 1.00. The van der Waals surface area contributed by atoms with Crippen molar-refractivity contribution >= 4 is 9.39 Å². The van der Waals surface area contributed by atoms with E-state index in [-0.39, 0.29) is 0 Å². The van der Waals surface area contributed by atoms with E-state index in [0.29, 0.717) is 6.54 Å². The van der Waals surface area contributed by atoms with Gasteiger partial charge in [-0.05, 0) is 29.4 Å². The van der Waals surface area contributed by atoms with Gasteiger partial charge in [0.15, 0.2) is 0 Å². The first kappa shape index (κ1) is 8.31. The monoisotopic (exact) mass is 136 g/mol. The molecule has 0 heterocycles. The summed E-state index contributed by atoms with van der Waals surface area (Å²) >= 11 is 0. The number of hydrogen-bond donors (Lipinski definition) is 2. The van der Waals surface area contributed by atoms with Crippen molar-refractivity contribution in [1.29, 1.82) is 0 Å². The Labute approximate surface area is 52.3 Å². The highest BCUT2D eigenvalue weighted by atomic mass is 31.0. The maximum atomic E-state index is 8.55. The topological polar surface area (TPSA) is 35.5 Å². The van der Waals surface area contributed by atoms with Crippen molar-refractivity contribution in [2.45, 2.75) is 6.42 Å². The van der Waals surface area contributed by atoms with Crippen molar-refractivity contribution in [3.05, 3.63) is 0 Å². The van der Waals surface area contributed by atoms with Crippen LogP contribution in [0.3, 0.4) is 0 Å². The lowest BCUT2D eigenvalue weighted by molar-refractivity contribution is 0.0146. The van der Waals surface area contributed by atoms with E-state index in [9.17, 15) is 0 Å². The highest BCUT2D eigenvalue weighted by Crippen LogP contribution is 1.91. The minimum Gasteiger partial charge on any atom is -0.320 e. The van der Waals surface area contributed by atoms with Crippen molar-refractivity contribution < 1.29 is 5.21 Å². The van der Waals surface area contributed by atoms with Crippen LogP contribution in [0.5, 0.6) is 0 Å². The summed E-state index contributed by atoms with van der Waals surface area (Å²) in [5.41, 5.74) is 0. The fourth-order valence-corrected chi connectivity index (χ4v) is 0.600. The Kier molecular flexibility index (Phi) is 5.66. The van der Waals surface area contributed by atoms with Crippen LogP contribution in [0.2, 0.25) is 0 Å². The van der Waals surface area contributed by atoms with Gasteiger partial charge in [-0.3, -0.25) is 0 Å². The maximum absolute atomic E-state index is 8.55. The molecule has 0 spiro atoms. The van der Waals surface area contributed by atoms with Crippen molar-refractivity contribution in [3.8, 4) is 0 Å². The molecule has 0 saturated carbocycles. The first-order chi connectivity index (χ1) is 3.77. The molecule has 0 aliphatic heterocycles. The van der Waals surface area contributed by atoms with E-state index in [1.807, 2.05) is 7.05 Å². The van der Waals surface area contributed by atoms with Gasteiger partial charge in [0.1, 0.15) is 0 Å². The lowest BCUT2D eigenvalue weighted by Gasteiger charge is -2.05. The van der Waals surface area contributed by atoms with Crippen LogP contribution in [0.25, 0.3) is 0 Å². The second-order valence-corrected chi connectivity index (χ2v) is 2.22. The number of hydrogen-bond acceptors (Lipinski definition) is 3. The smallest absolute Gasteiger partial charge is 0.0285 e. The maximum Gasteiger partial charge on any atom is 0.0285 e. The molecule has 0 bridgehead atoms. The van der Waals surface area contributed by atoms with E-state index in [4.69, 9.17) is 5.21 Å². The molecule has 0 aromatic carbocycles. The minimum atomic E-state index is 0.700. The quantitative estimate of drug-likeness (QED) is 0.326. The van der Waals surface area contributed by atoms with E-state index >= 15 is 0 Å². The van der Waals surface area contributed by atoms with Gasteiger partial charge in [0, 0.05) is 6.54 Å². The van der Waals surface area contributed by atoms with Gasteiger partial charge in [-0.25, -0.2) is 0 Å². The summed E-state index contributed by atoms with van der Waals surface area (Å²) in [6.45, 7) is 1.65. The molecule has 0 amide bonds. The Morgan fingerprint density at radius 1 is 1.75 bits per heavy atom. The number of hydroxylamine groups is 1. The zero-order valence-electron chi connectivity index (χ0n) is 5.09. The molecule has 3 nitrogen and oxygen atoms in total. The van der Waals surface area contributed by atoms with Crippen LogP contribution in [0.15, 0.2) is 0 Å². The molecule has 4 heteroatoms. The van der Waals surface area contributed by atoms with Crippen molar-refractivity contribution in [2.75, 3.05) is 20.1 Å². The van der Waals surface area contributed by atoms with Gasteiger partial charge in [-0.1, -0.05) is 0 Å². The molecule has 2 N–H and O–H groups in total. The third-order valence-electron chi connectivity index (χ3n) is 0.814. The second-order valence-electron chi connectivity index (χ2n) is 1.62. The van der Waals surface area contributed by atoms with Gasteiger partial charge < -0.3 is 10.5 Å². The third-order valence-corrected chi connectivity index (χ3v) is 1.07. The molecule has 0 aliphatic carbocycles. The van der Waals surface area contributed by atoms with Gasteiger partial charge in [0.05, 0.1) is 0 Å². The predicted octanol–water partition coefficient (Wildman–Crippen LogP) is 0.0772. The Morgan fingerprint density at radius 3 is 2.75 bits per heavy atom. The van der Waals surface area contributed by atoms with Crippen LogP contribution in [0.1, 0.15) is 6.42 Å². The zero-order valence-corrected chi connectivity index (χ0v) is 6.25. The molecule has 0 aromatic heterocycles. The predicted molar refractivity (Wildman–Crippen MR) is 36.7 cm³/mol.